The van der Waals surface area contributed by atoms with Crippen molar-refractivity contribution in [3.63, 3.8) is 0 Å². The molecule has 2 fully saturated rings. The smallest absolute Gasteiger partial charge is 0.191 e. The largest absolute Gasteiger partial charge is 0.370 e. The Balaban J connectivity index is 1.62. The summed E-state index contributed by atoms with van der Waals surface area (Å²) >= 11 is 5.31. The number of hydrogen-bond acceptors (Lipinski definition) is 2. The van der Waals surface area contributed by atoms with Gasteiger partial charge in [0.1, 0.15) is 0 Å². The molecule has 2 N–H and O–H groups in total. The Kier molecular flexibility index (Phi) is 2.91. The molecule has 1 aromatic heterocycles. The number of nitrogens with two attached hydrogens (primary N) is 1. The van der Waals surface area contributed by atoms with E-state index in [0.29, 0.717) is 18.0 Å². The highest BCUT2D eigenvalue weighted by molar-refractivity contribution is 9.11. The van der Waals surface area contributed by atoms with Gasteiger partial charge in [0.25, 0.3) is 0 Å². The number of rotatable bonds is 3. The van der Waals surface area contributed by atoms with E-state index in [9.17, 15) is 0 Å². The summed E-state index contributed by atoms with van der Waals surface area (Å²) in [5.74, 6) is 1.31. The molecule has 92 valence electrons. The first-order valence-electron chi connectivity index (χ1n) is 5.96. The van der Waals surface area contributed by atoms with Crippen LogP contribution in [0.4, 0.5) is 0 Å². The normalized spacial score (nSPS) is 28.2. The molecule has 1 heterocycles. The second-order valence-corrected chi connectivity index (χ2v) is 7.38. The minimum Gasteiger partial charge on any atom is -0.370 e. The average molecular weight is 314 g/mol. The van der Waals surface area contributed by atoms with Crippen molar-refractivity contribution in [3.05, 3.63) is 20.8 Å². The third kappa shape index (κ3) is 2.50. The number of nitrogens with zero attached hydrogens (tertiary/aromatic N) is 2. The monoisotopic (exact) mass is 313 g/mol. The van der Waals surface area contributed by atoms with Crippen LogP contribution in [-0.4, -0.2) is 30.0 Å². The maximum atomic E-state index is 6.01. The lowest BCUT2D eigenvalue weighted by atomic mass is 10.3. The lowest BCUT2D eigenvalue weighted by molar-refractivity contribution is 0.487. The van der Waals surface area contributed by atoms with Gasteiger partial charge in [-0.2, -0.15) is 0 Å². The summed E-state index contributed by atoms with van der Waals surface area (Å²) in [4.78, 5) is 8.18. The Morgan fingerprint density at radius 1 is 1.53 bits per heavy atom. The van der Waals surface area contributed by atoms with Crippen LogP contribution >= 0.6 is 27.3 Å². The van der Waals surface area contributed by atoms with Crippen LogP contribution in [0.3, 0.4) is 0 Å². The molecular weight excluding hydrogens is 298 g/mol. The summed E-state index contributed by atoms with van der Waals surface area (Å²) in [5.41, 5.74) is 6.01. The summed E-state index contributed by atoms with van der Waals surface area (Å²) in [6.07, 6.45) is 3.67. The van der Waals surface area contributed by atoms with Gasteiger partial charge in [0.05, 0.1) is 9.83 Å². The number of halogens is 1. The van der Waals surface area contributed by atoms with E-state index in [2.05, 4.69) is 45.0 Å². The molecule has 0 aliphatic heterocycles. The second-order valence-electron chi connectivity index (χ2n) is 4.88. The van der Waals surface area contributed by atoms with Crippen molar-refractivity contribution in [1.29, 1.82) is 0 Å². The van der Waals surface area contributed by atoms with Gasteiger partial charge in [-0.15, -0.1) is 11.3 Å². The third-order valence-electron chi connectivity index (χ3n) is 3.47. The second kappa shape index (κ2) is 4.28. The van der Waals surface area contributed by atoms with Crippen LogP contribution in [0.5, 0.6) is 0 Å². The average Bonchev–Trinajstić information content (AvgIpc) is 3.19. The molecule has 1 aromatic rings. The van der Waals surface area contributed by atoms with Gasteiger partial charge in [0.15, 0.2) is 5.96 Å². The van der Waals surface area contributed by atoms with Crippen molar-refractivity contribution in [3.8, 4) is 0 Å². The molecule has 0 aromatic carbocycles. The first-order valence-corrected chi connectivity index (χ1v) is 7.57. The van der Waals surface area contributed by atoms with E-state index in [1.165, 1.54) is 21.5 Å². The molecule has 5 heteroatoms. The lowest BCUT2D eigenvalue weighted by Gasteiger charge is -2.16. The van der Waals surface area contributed by atoms with Gasteiger partial charge >= 0.3 is 0 Å². The molecule has 0 radical (unpaired) electrons. The fourth-order valence-corrected chi connectivity index (χ4v) is 3.66. The molecule has 0 unspecified atom stereocenters. The number of hydrogen-bond donors (Lipinski definition) is 1. The van der Waals surface area contributed by atoms with Gasteiger partial charge < -0.3 is 10.6 Å². The summed E-state index contributed by atoms with van der Waals surface area (Å²) in [5, 5.41) is 0. The Morgan fingerprint density at radius 2 is 2.29 bits per heavy atom. The van der Waals surface area contributed by atoms with E-state index in [-0.39, 0.29) is 0 Å². The molecule has 0 spiro atoms. The van der Waals surface area contributed by atoms with E-state index < -0.39 is 0 Å². The molecular formula is C12H16BrN3S. The summed E-state index contributed by atoms with van der Waals surface area (Å²) < 4.78 is 1.20. The minimum absolute atomic E-state index is 0.404. The molecule has 17 heavy (non-hydrogen) atoms. The molecule has 0 amide bonds. The van der Waals surface area contributed by atoms with Crippen molar-refractivity contribution in [2.45, 2.75) is 37.3 Å². The van der Waals surface area contributed by atoms with E-state index >= 15 is 0 Å². The van der Waals surface area contributed by atoms with E-state index in [4.69, 9.17) is 5.73 Å². The molecule has 2 aliphatic carbocycles. The van der Waals surface area contributed by atoms with Gasteiger partial charge in [-0.05, 0) is 47.3 Å². The highest BCUT2D eigenvalue weighted by Crippen LogP contribution is 2.47. The van der Waals surface area contributed by atoms with Gasteiger partial charge in [0, 0.05) is 23.9 Å². The maximum Gasteiger partial charge on any atom is 0.191 e. The first kappa shape index (κ1) is 11.5. The SMILES string of the molecule is CN(C(N)=N[C@@H]1C[C@H]1c1ccc(Br)s1)C1CC1. The molecule has 0 bridgehead atoms. The summed E-state index contributed by atoms with van der Waals surface area (Å²) in [6.45, 7) is 0. The Hall–Kier alpha value is -0.550. The van der Waals surface area contributed by atoms with Crippen molar-refractivity contribution >= 4 is 33.2 Å². The fourth-order valence-electron chi connectivity index (χ4n) is 2.07. The van der Waals surface area contributed by atoms with Crippen LogP contribution in [0.1, 0.15) is 30.1 Å². The topological polar surface area (TPSA) is 41.6 Å². The Labute approximate surface area is 114 Å². The van der Waals surface area contributed by atoms with Crippen molar-refractivity contribution in [2.24, 2.45) is 10.7 Å². The van der Waals surface area contributed by atoms with Crippen molar-refractivity contribution < 1.29 is 0 Å². The van der Waals surface area contributed by atoms with E-state index in [0.717, 1.165) is 12.4 Å². The third-order valence-corrected chi connectivity index (χ3v) is 5.23. The van der Waals surface area contributed by atoms with Gasteiger partial charge in [-0.1, -0.05) is 0 Å². The van der Waals surface area contributed by atoms with Crippen LogP contribution in [-0.2, 0) is 0 Å². The van der Waals surface area contributed by atoms with Crippen LogP contribution < -0.4 is 5.73 Å². The number of thiophene rings is 1. The van der Waals surface area contributed by atoms with E-state index in [1.807, 2.05) is 11.3 Å². The number of guanidine groups is 1. The van der Waals surface area contributed by atoms with Crippen LogP contribution in [0.25, 0.3) is 0 Å². The molecule has 2 atom stereocenters. The predicted octanol–water partition coefficient (Wildman–Crippen LogP) is 2.78. The van der Waals surface area contributed by atoms with Crippen LogP contribution in [0, 0.1) is 0 Å². The van der Waals surface area contributed by atoms with Gasteiger partial charge in [0.2, 0.25) is 0 Å². The molecule has 2 saturated carbocycles. The van der Waals surface area contributed by atoms with Crippen molar-refractivity contribution in [2.75, 3.05) is 7.05 Å². The van der Waals surface area contributed by atoms with E-state index in [1.54, 1.807) is 0 Å². The summed E-state index contributed by atoms with van der Waals surface area (Å²) in [6, 6.07) is 5.35. The first-order chi connectivity index (χ1) is 8.15. The Morgan fingerprint density at radius 3 is 2.88 bits per heavy atom. The quantitative estimate of drug-likeness (QED) is 0.688. The number of aliphatic imine (C=N–C) groups is 1. The van der Waals surface area contributed by atoms with Crippen molar-refractivity contribution in [1.82, 2.24) is 4.90 Å². The van der Waals surface area contributed by atoms with Crippen LogP contribution in [0.15, 0.2) is 20.9 Å². The minimum atomic E-state index is 0.404. The van der Waals surface area contributed by atoms with Gasteiger partial charge in [-0.3, -0.25) is 0 Å². The molecule has 2 aliphatic rings. The highest BCUT2D eigenvalue weighted by atomic mass is 79.9. The lowest BCUT2D eigenvalue weighted by Crippen LogP contribution is -2.35. The zero-order chi connectivity index (χ0) is 12.0. The molecule has 0 saturated heterocycles. The summed E-state index contributed by atoms with van der Waals surface area (Å²) in [7, 11) is 2.05. The predicted molar refractivity (Wildman–Crippen MR) is 75.6 cm³/mol. The van der Waals surface area contributed by atoms with Gasteiger partial charge in [-0.25, -0.2) is 4.99 Å². The Bertz CT molecular complexity index is 452. The zero-order valence-electron chi connectivity index (χ0n) is 9.77. The standard InChI is InChI=1S/C12H16BrN3S/c1-16(7-2-3-7)12(14)15-9-6-8(9)10-4-5-11(13)17-10/h4-5,7-9H,2-3,6H2,1H3,(H2,14,15)/t8-,9-/m1/s1. The highest BCUT2D eigenvalue weighted by Gasteiger charge is 2.40. The maximum absolute atomic E-state index is 6.01. The zero-order valence-corrected chi connectivity index (χ0v) is 12.2. The fraction of sp³-hybridized carbons (Fsp3) is 0.583. The van der Waals surface area contributed by atoms with Crippen LogP contribution in [0.2, 0.25) is 0 Å². The molecule has 3 rings (SSSR count). The molecule has 3 nitrogen and oxygen atoms in total.